The average Bonchev–Trinajstić information content (AvgIpc) is 2.78. The molecule has 9 heteroatoms. The van der Waals surface area contributed by atoms with Crippen LogP contribution in [0.25, 0.3) is 0 Å². The smallest absolute Gasteiger partial charge is 0.387 e. The topological polar surface area (TPSA) is 67.9 Å². The van der Waals surface area contributed by atoms with Crippen LogP contribution in [0.3, 0.4) is 0 Å². The second kappa shape index (κ2) is 10.6. The van der Waals surface area contributed by atoms with Crippen LogP contribution in [0.1, 0.15) is 28.8 Å². The summed E-state index contributed by atoms with van der Waals surface area (Å²) < 4.78 is 35.2. The zero-order chi connectivity index (χ0) is 22.4. The average molecular weight is 497 g/mol. The molecule has 2 amide bonds. The number of nitrogens with one attached hydrogen (secondary N) is 1. The van der Waals surface area contributed by atoms with E-state index in [1.54, 1.807) is 29.2 Å². The Balaban J connectivity index is 1.50. The van der Waals surface area contributed by atoms with E-state index in [-0.39, 0.29) is 35.8 Å². The number of halogens is 3. The van der Waals surface area contributed by atoms with Gasteiger partial charge < -0.3 is 19.7 Å². The molecule has 31 heavy (non-hydrogen) atoms. The molecule has 0 saturated carbocycles. The summed E-state index contributed by atoms with van der Waals surface area (Å²) in [5.41, 5.74) is 1.33. The maximum Gasteiger partial charge on any atom is 0.387 e. The Morgan fingerprint density at radius 1 is 1.13 bits per heavy atom. The van der Waals surface area contributed by atoms with Crippen LogP contribution in [-0.4, -0.2) is 43.5 Å². The Kier molecular flexibility index (Phi) is 7.84. The van der Waals surface area contributed by atoms with Crippen molar-refractivity contribution in [3.8, 4) is 11.5 Å². The fraction of sp³-hybridized carbons (Fsp3) is 0.364. The minimum atomic E-state index is -2.94. The SMILES string of the molecule is COc1cc(CNC(=O)C2CCN(C(=O)c3ccc(Br)cc3)CC2)ccc1OC(F)F. The number of amides is 2. The van der Waals surface area contributed by atoms with Gasteiger partial charge in [0.1, 0.15) is 0 Å². The molecule has 1 heterocycles. The minimum Gasteiger partial charge on any atom is -0.493 e. The van der Waals surface area contributed by atoms with Crippen LogP contribution in [-0.2, 0) is 11.3 Å². The largest absolute Gasteiger partial charge is 0.493 e. The number of benzene rings is 2. The number of hydrogen-bond acceptors (Lipinski definition) is 4. The van der Waals surface area contributed by atoms with Crippen molar-refractivity contribution in [3.63, 3.8) is 0 Å². The number of carbonyl (C=O) groups is 2. The summed E-state index contributed by atoms with van der Waals surface area (Å²) in [4.78, 5) is 26.9. The highest BCUT2D eigenvalue weighted by Crippen LogP contribution is 2.29. The van der Waals surface area contributed by atoms with Crippen molar-refractivity contribution in [3.05, 3.63) is 58.1 Å². The van der Waals surface area contributed by atoms with Crippen molar-refractivity contribution in [2.75, 3.05) is 20.2 Å². The molecule has 1 saturated heterocycles. The lowest BCUT2D eigenvalue weighted by Gasteiger charge is -2.31. The first-order chi connectivity index (χ1) is 14.9. The molecule has 166 valence electrons. The molecular formula is C22H23BrF2N2O4. The molecule has 0 spiro atoms. The quantitative estimate of drug-likeness (QED) is 0.622. The van der Waals surface area contributed by atoms with E-state index in [4.69, 9.17) is 4.74 Å². The van der Waals surface area contributed by atoms with E-state index in [9.17, 15) is 18.4 Å². The summed E-state index contributed by atoms with van der Waals surface area (Å²) in [6.45, 7) is -1.68. The van der Waals surface area contributed by atoms with Gasteiger partial charge in [-0.1, -0.05) is 22.0 Å². The summed E-state index contributed by atoms with van der Waals surface area (Å²) in [6, 6.07) is 11.7. The van der Waals surface area contributed by atoms with Gasteiger partial charge in [-0.2, -0.15) is 8.78 Å². The van der Waals surface area contributed by atoms with Gasteiger partial charge in [-0.3, -0.25) is 9.59 Å². The van der Waals surface area contributed by atoms with Crippen molar-refractivity contribution >= 4 is 27.7 Å². The summed E-state index contributed by atoms with van der Waals surface area (Å²) >= 11 is 3.35. The van der Waals surface area contributed by atoms with Gasteiger partial charge in [-0.25, -0.2) is 0 Å². The second-order valence-electron chi connectivity index (χ2n) is 7.15. The van der Waals surface area contributed by atoms with E-state index in [2.05, 4.69) is 26.0 Å². The number of carbonyl (C=O) groups excluding carboxylic acids is 2. The highest BCUT2D eigenvalue weighted by molar-refractivity contribution is 9.10. The number of methoxy groups -OCH3 is 1. The Hall–Kier alpha value is -2.68. The zero-order valence-electron chi connectivity index (χ0n) is 16.9. The third-order valence-corrected chi connectivity index (χ3v) is 5.68. The van der Waals surface area contributed by atoms with Crippen LogP contribution in [0.4, 0.5) is 8.78 Å². The Bertz CT molecular complexity index is 916. The Labute approximate surface area is 187 Å². The van der Waals surface area contributed by atoms with Crippen LogP contribution in [0.5, 0.6) is 11.5 Å². The highest BCUT2D eigenvalue weighted by atomic mass is 79.9. The third-order valence-electron chi connectivity index (χ3n) is 5.15. The lowest BCUT2D eigenvalue weighted by molar-refractivity contribution is -0.126. The van der Waals surface area contributed by atoms with Gasteiger partial charge in [0.25, 0.3) is 5.91 Å². The fourth-order valence-corrected chi connectivity index (χ4v) is 3.73. The van der Waals surface area contributed by atoms with Crippen molar-refractivity contribution in [2.24, 2.45) is 5.92 Å². The Morgan fingerprint density at radius 3 is 2.42 bits per heavy atom. The molecule has 0 atom stereocenters. The summed E-state index contributed by atoms with van der Waals surface area (Å²) in [5, 5.41) is 2.87. The van der Waals surface area contributed by atoms with E-state index < -0.39 is 6.61 Å². The maximum absolute atomic E-state index is 12.6. The normalized spacial score (nSPS) is 14.4. The number of likely N-dealkylation sites (tertiary alicyclic amines) is 1. The van der Waals surface area contributed by atoms with Gasteiger partial charge in [0.15, 0.2) is 11.5 Å². The lowest BCUT2D eigenvalue weighted by atomic mass is 9.95. The van der Waals surface area contributed by atoms with Gasteiger partial charge in [-0.05, 0) is 54.8 Å². The van der Waals surface area contributed by atoms with E-state index in [0.29, 0.717) is 37.1 Å². The van der Waals surface area contributed by atoms with E-state index in [1.807, 2.05) is 12.1 Å². The molecular weight excluding hydrogens is 474 g/mol. The number of piperidine rings is 1. The van der Waals surface area contributed by atoms with E-state index in [1.165, 1.54) is 13.2 Å². The number of hydrogen-bond donors (Lipinski definition) is 1. The van der Waals surface area contributed by atoms with Crippen LogP contribution in [0.2, 0.25) is 0 Å². The molecule has 0 aromatic heterocycles. The van der Waals surface area contributed by atoms with Crippen LogP contribution in [0.15, 0.2) is 46.9 Å². The molecule has 1 aliphatic heterocycles. The van der Waals surface area contributed by atoms with Gasteiger partial charge in [0.05, 0.1) is 7.11 Å². The number of ether oxygens (including phenoxy) is 2. The molecule has 2 aromatic carbocycles. The molecule has 0 unspecified atom stereocenters. The molecule has 0 aliphatic carbocycles. The van der Waals surface area contributed by atoms with Gasteiger partial charge in [0.2, 0.25) is 5.91 Å². The standard InChI is InChI=1S/C22H23BrF2N2O4/c1-30-19-12-14(2-7-18(19)31-22(24)25)13-26-20(28)15-8-10-27(11-9-15)21(29)16-3-5-17(23)6-4-16/h2-7,12,15,22H,8-11,13H2,1H3,(H,26,28). The monoisotopic (exact) mass is 496 g/mol. The highest BCUT2D eigenvalue weighted by Gasteiger charge is 2.27. The van der Waals surface area contributed by atoms with E-state index in [0.717, 1.165) is 4.47 Å². The van der Waals surface area contributed by atoms with Crippen LogP contribution in [0, 0.1) is 5.92 Å². The molecule has 3 rings (SSSR count). The van der Waals surface area contributed by atoms with Crippen molar-refractivity contribution in [2.45, 2.75) is 26.0 Å². The minimum absolute atomic E-state index is 0.0374. The first-order valence-corrected chi connectivity index (χ1v) is 10.6. The lowest BCUT2D eigenvalue weighted by Crippen LogP contribution is -2.42. The number of nitrogens with zero attached hydrogens (tertiary/aromatic N) is 1. The summed E-state index contributed by atoms with van der Waals surface area (Å²) in [6.07, 6.45) is 1.16. The predicted molar refractivity (Wildman–Crippen MR) is 114 cm³/mol. The van der Waals surface area contributed by atoms with Gasteiger partial charge in [0, 0.05) is 35.6 Å². The van der Waals surface area contributed by atoms with Gasteiger partial charge >= 0.3 is 6.61 Å². The third kappa shape index (κ3) is 6.16. The molecule has 2 aromatic rings. The van der Waals surface area contributed by atoms with Crippen molar-refractivity contribution in [1.82, 2.24) is 10.2 Å². The first kappa shape index (κ1) is 23.0. The molecule has 0 bridgehead atoms. The van der Waals surface area contributed by atoms with Gasteiger partial charge in [-0.15, -0.1) is 0 Å². The summed E-state index contributed by atoms with van der Waals surface area (Å²) in [5.74, 6) is -0.202. The zero-order valence-corrected chi connectivity index (χ0v) is 18.5. The molecule has 0 radical (unpaired) electrons. The van der Waals surface area contributed by atoms with Crippen molar-refractivity contribution in [1.29, 1.82) is 0 Å². The van der Waals surface area contributed by atoms with Crippen LogP contribution < -0.4 is 14.8 Å². The molecule has 6 nitrogen and oxygen atoms in total. The molecule has 1 aliphatic rings. The fourth-order valence-electron chi connectivity index (χ4n) is 3.47. The second-order valence-corrected chi connectivity index (χ2v) is 8.07. The maximum atomic E-state index is 12.6. The number of rotatable bonds is 7. The first-order valence-electron chi connectivity index (χ1n) is 9.81. The number of alkyl halides is 2. The predicted octanol–water partition coefficient (Wildman–Crippen LogP) is 4.23. The van der Waals surface area contributed by atoms with E-state index >= 15 is 0 Å². The van der Waals surface area contributed by atoms with Crippen LogP contribution >= 0.6 is 15.9 Å². The van der Waals surface area contributed by atoms with Crippen molar-refractivity contribution < 1.29 is 27.8 Å². The Morgan fingerprint density at radius 2 is 1.81 bits per heavy atom. The molecule has 1 fully saturated rings. The molecule has 1 N–H and O–H groups in total. The summed E-state index contributed by atoms with van der Waals surface area (Å²) in [7, 11) is 1.36.